The molecule has 3 rings (SSSR count). The van der Waals surface area contributed by atoms with Gasteiger partial charge in [0.25, 0.3) is 0 Å². The Labute approximate surface area is 121 Å². The van der Waals surface area contributed by atoms with Gasteiger partial charge in [-0.1, -0.05) is 6.07 Å². The molecule has 5 nitrogen and oxygen atoms in total. The molecule has 0 aliphatic heterocycles. The van der Waals surface area contributed by atoms with Gasteiger partial charge in [-0.25, -0.2) is 4.98 Å². The molecule has 104 valence electrons. The zero-order valence-corrected chi connectivity index (χ0v) is 12.1. The number of nitrogens with zero attached hydrogens (tertiary/aromatic N) is 4. The Kier molecular flexibility index (Phi) is 3.36. The number of fused-ring (bicyclic) bond motifs is 1. The van der Waals surface area contributed by atoms with Gasteiger partial charge in [0.15, 0.2) is 5.82 Å². The van der Waals surface area contributed by atoms with Gasteiger partial charge in [-0.3, -0.25) is 9.25 Å². The molecule has 0 aliphatic carbocycles. The minimum absolute atomic E-state index is 0.316. The van der Waals surface area contributed by atoms with Gasteiger partial charge in [-0.15, -0.1) is 11.6 Å². The molecule has 0 aliphatic rings. The number of aromatic nitrogens is 4. The average Bonchev–Trinajstić information content (AvgIpc) is 3.02. The predicted molar refractivity (Wildman–Crippen MR) is 78.6 cm³/mol. The van der Waals surface area contributed by atoms with E-state index in [1.165, 1.54) is 0 Å². The summed E-state index contributed by atoms with van der Waals surface area (Å²) in [4.78, 5) is 4.59. The predicted octanol–water partition coefficient (Wildman–Crippen LogP) is 2.90. The molecule has 0 bridgehead atoms. The number of rotatable bonds is 4. The number of para-hydroxylation sites is 1. The smallest absolute Gasteiger partial charge is 0.160 e. The number of aryl methyl sites for hydroxylation is 1. The van der Waals surface area contributed by atoms with Gasteiger partial charge < -0.3 is 4.74 Å². The first-order valence-electron chi connectivity index (χ1n) is 6.43. The third-order valence-electron chi connectivity index (χ3n) is 3.07. The number of halogens is 1. The van der Waals surface area contributed by atoms with Crippen molar-refractivity contribution >= 4 is 22.6 Å². The minimum atomic E-state index is 0.316. The lowest BCUT2D eigenvalue weighted by molar-refractivity contribution is 0.343. The van der Waals surface area contributed by atoms with Gasteiger partial charge in [-0.2, -0.15) is 5.10 Å². The molecule has 0 saturated carbocycles. The van der Waals surface area contributed by atoms with E-state index >= 15 is 0 Å². The summed E-state index contributed by atoms with van der Waals surface area (Å²) < 4.78 is 9.35. The Morgan fingerprint density at radius 3 is 2.80 bits per heavy atom. The lowest BCUT2D eigenvalue weighted by Gasteiger charge is -2.05. The van der Waals surface area contributed by atoms with E-state index in [9.17, 15) is 0 Å². The molecule has 0 atom stereocenters. The van der Waals surface area contributed by atoms with Crippen LogP contribution in [0.1, 0.15) is 12.7 Å². The van der Waals surface area contributed by atoms with Crippen LogP contribution in [0.3, 0.4) is 0 Å². The maximum atomic E-state index is 6.03. The highest BCUT2D eigenvalue weighted by molar-refractivity contribution is 6.17. The summed E-state index contributed by atoms with van der Waals surface area (Å²) in [5.41, 5.74) is 1.76. The molecular formula is C14H15ClN4O. The van der Waals surface area contributed by atoms with Gasteiger partial charge in [-0.05, 0) is 19.1 Å². The molecule has 6 heteroatoms. The van der Waals surface area contributed by atoms with Gasteiger partial charge in [0, 0.05) is 19.3 Å². The van der Waals surface area contributed by atoms with Crippen molar-refractivity contribution in [3.8, 4) is 11.6 Å². The van der Waals surface area contributed by atoms with Crippen LogP contribution in [0.25, 0.3) is 16.9 Å². The van der Waals surface area contributed by atoms with Crippen LogP contribution in [0.15, 0.2) is 30.5 Å². The van der Waals surface area contributed by atoms with Gasteiger partial charge in [0.1, 0.15) is 17.1 Å². The fourth-order valence-corrected chi connectivity index (χ4v) is 2.44. The van der Waals surface area contributed by atoms with Crippen molar-refractivity contribution < 1.29 is 4.74 Å². The van der Waals surface area contributed by atoms with E-state index in [1.54, 1.807) is 4.68 Å². The van der Waals surface area contributed by atoms with Crippen LogP contribution in [0.5, 0.6) is 5.75 Å². The second-order valence-corrected chi connectivity index (χ2v) is 4.67. The SMILES string of the molecule is CCOc1cccc2c1nc(CCl)n2-c1ccn(C)n1. The lowest BCUT2D eigenvalue weighted by Crippen LogP contribution is -2.01. The molecule has 2 aromatic heterocycles. The van der Waals surface area contributed by atoms with E-state index in [2.05, 4.69) is 10.1 Å². The number of benzene rings is 1. The normalized spacial score (nSPS) is 11.2. The lowest BCUT2D eigenvalue weighted by atomic mass is 10.3. The van der Waals surface area contributed by atoms with Crippen molar-refractivity contribution in [1.29, 1.82) is 0 Å². The molecule has 0 N–H and O–H groups in total. The second-order valence-electron chi connectivity index (χ2n) is 4.40. The Hall–Kier alpha value is -2.01. The standard InChI is InChI=1S/C14H15ClN4O/c1-3-20-11-6-4-5-10-14(11)16-13(9-15)19(10)12-7-8-18(2)17-12/h4-8H,3,9H2,1-2H3. The van der Waals surface area contributed by atoms with E-state index in [1.807, 2.05) is 49.0 Å². The summed E-state index contributed by atoms with van der Waals surface area (Å²) >= 11 is 6.03. The molecular weight excluding hydrogens is 276 g/mol. The summed E-state index contributed by atoms with van der Waals surface area (Å²) in [5, 5.41) is 4.43. The first-order valence-corrected chi connectivity index (χ1v) is 6.97. The third kappa shape index (κ3) is 2.04. The van der Waals surface area contributed by atoms with Gasteiger partial charge >= 0.3 is 0 Å². The monoisotopic (exact) mass is 290 g/mol. The summed E-state index contributed by atoms with van der Waals surface area (Å²) in [6, 6.07) is 7.80. The number of hydrogen-bond acceptors (Lipinski definition) is 3. The summed E-state index contributed by atoms with van der Waals surface area (Å²) in [7, 11) is 1.88. The fourth-order valence-electron chi connectivity index (χ4n) is 2.26. The van der Waals surface area contributed by atoms with Gasteiger partial charge in [0.2, 0.25) is 0 Å². The Bertz CT molecular complexity index is 747. The van der Waals surface area contributed by atoms with E-state index in [4.69, 9.17) is 16.3 Å². The molecule has 0 saturated heterocycles. The maximum Gasteiger partial charge on any atom is 0.160 e. The first-order chi connectivity index (χ1) is 9.74. The zero-order valence-electron chi connectivity index (χ0n) is 11.4. The van der Waals surface area contributed by atoms with Crippen LogP contribution in [-0.2, 0) is 12.9 Å². The largest absolute Gasteiger partial charge is 0.492 e. The summed E-state index contributed by atoms with van der Waals surface area (Å²) in [6.07, 6.45) is 1.89. The summed E-state index contributed by atoms with van der Waals surface area (Å²) in [6.45, 7) is 2.56. The highest BCUT2D eigenvalue weighted by atomic mass is 35.5. The molecule has 0 spiro atoms. The molecule has 0 radical (unpaired) electrons. The third-order valence-corrected chi connectivity index (χ3v) is 3.30. The van der Waals surface area contributed by atoms with Crippen LogP contribution in [0, 0.1) is 0 Å². The minimum Gasteiger partial charge on any atom is -0.492 e. The highest BCUT2D eigenvalue weighted by Gasteiger charge is 2.16. The average molecular weight is 291 g/mol. The Balaban J connectivity index is 2.27. The Morgan fingerprint density at radius 1 is 1.30 bits per heavy atom. The van der Waals surface area contributed by atoms with E-state index in [0.717, 1.165) is 28.4 Å². The number of hydrogen-bond donors (Lipinski definition) is 0. The number of alkyl halides is 1. The summed E-state index contributed by atoms with van der Waals surface area (Å²) in [5.74, 6) is 2.65. The molecule has 0 amide bonds. The van der Waals surface area contributed by atoms with Crippen LogP contribution in [-0.4, -0.2) is 25.9 Å². The van der Waals surface area contributed by atoms with E-state index in [-0.39, 0.29) is 0 Å². The van der Waals surface area contributed by atoms with Crippen molar-refractivity contribution in [3.05, 3.63) is 36.3 Å². The highest BCUT2D eigenvalue weighted by Crippen LogP contribution is 2.28. The van der Waals surface area contributed by atoms with Crippen molar-refractivity contribution in [2.45, 2.75) is 12.8 Å². The molecule has 1 aromatic carbocycles. The van der Waals surface area contributed by atoms with Crippen molar-refractivity contribution in [1.82, 2.24) is 19.3 Å². The van der Waals surface area contributed by atoms with Crippen LogP contribution < -0.4 is 4.74 Å². The maximum absolute atomic E-state index is 6.03. The molecule has 0 unspecified atom stereocenters. The van der Waals surface area contributed by atoms with Crippen LogP contribution in [0.4, 0.5) is 0 Å². The zero-order chi connectivity index (χ0) is 14.1. The molecule has 0 fully saturated rings. The number of ether oxygens (including phenoxy) is 1. The van der Waals surface area contributed by atoms with Gasteiger partial charge in [0.05, 0.1) is 18.0 Å². The van der Waals surface area contributed by atoms with Crippen molar-refractivity contribution in [2.75, 3.05) is 6.61 Å². The quantitative estimate of drug-likeness (QED) is 0.694. The van der Waals surface area contributed by atoms with Crippen molar-refractivity contribution in [3.63, 3.8) is 0 Å². The van der Waals surface area contributed by atoms with E-state index < -0.39 is 0 Å². The van der Waals surface area contributed by atoms with Crippen LogP contribution >= 0.6 is 11.6 Å². The molecule has 2 heterocycles. The first kappa shape index (κ1) is 13.0. The topological polar surface area (TPSA) is 44.9 Å². The molecule has 20 heavy (non-hydrogen) atoms. The Morgan fingerprint density at radius 2 is 2.15 bits per heavy atom. The molecule has 3 aromatic rings. The fraction of sp³-hybridized carbons (Fsp3) is 0.286. The van der Waals surface area contributed by atoms with Crippen LogP contribution in [0.2, 0.25) is 0 Å². The van der Waals surface area contributed by atoms with Crippen molar-refractivity contribution in [2.24, 2.45) is 7.05 Å². The number of imidazole rings is 1. The van der Waals surface area contributed by atoms with E-state index in [0.29, 0.717) is 12.5 Å². The second kappa shape index (κ2) is 5.17.